The number of ether oxygens (including phenoxy) is 2. The molecule has 0 amide bonds. The van der Waals surface area contributed by atoms with Crippen molar-refractivity contribution in [1.29, 1.82) is 0 Å². The number of hydrogen-bond acceptors (Lipinski definition) is 6. The van der Waals surface area contributed by atoms with E-state index in [1.807, 2.05) is 0 Å². The van der Waals surface area contributed by atoms with E-state index in [-0.39, 0.29) is 24.3 Å². The van der Waals surface area contributed by atoms with E-state index in [1.165, 1.54) is 0 Å². The zero-order valence-corrected chi connectivity index (χ0v) is 19.2. The molecule has 0 N–H and O–H groups in total. The van der Waals surface area contributed by atoms with E-state index in [0.717, 1.165) is 8.95 Å². The van der Waals surface area contributed by atoms with Gasteiger partial charge in [0, 0.05) is 8.95 Å². The van der Waals surface area contributed by atoms with Gasteiger partial charge in [0.2, 0.25) is 0 Å². The number of benzene rings is 2. The number of esters is 2. The Hall–Kier alpha value is -1.71. The summed E-state index contributed by atoms with van der Waals surface area (Å²) in [5.41, 5.74) is 0. The predicted octanol–water partition coefficient (Wildman–Crippen LogP) is 4.16. The smallest absolute Gasteiger partial charge is 0.311 e. The van der Waals surface area contributed by atoms with Crippen LogP contribution in [-0.4, -0.2) is 31.9 Å². The number of hydrogen-bond donors (Lipinski definition) is 0. The summed E-state index contributed by atoms with van der Waals surface area (Å²) < 4.78 is 36.5. The molecule has 2 atom stereocenters. The summed E-state index contributed by atoms with van der Waals surface area (Å²) in [5.74, 6) is -1.55. The van der Waals surface area contributed by atoms with Crippen LogP contribution in [0.15, 0.2) is 57.5 Å². The molecule has 154 valence electrons. The highest BCUT2D eigenvalue weighted by Gasteiger charge is 2.40. The zero-order valence-electron chi connectivity index (χ0n) is 15.2. The van der Waals surface area contributed by atoms with Crippen LogP contribution in [0.3, 0.4) is 0 Å². The summed E-state index contributed by atoms with van der Waals surface area (Å²) in [6.45, 7) is 0. The van der Waals surface area contributed by atoms with Crippen molar-refractivity contribution in [2.45, 2.75) is 12.8 Å². The largest absolute Gasteiger partial charge is 0.427 e. The van der Waals surface area contributed by atoms with Gasteiger partial charge in [0.25, 0.3) is 0 Å². The Morgan fingerprint density at radius 2 is 1.10 bits per heavy atom. The first-order valence-corrected chi connectivity index (χ1v) is 12.2. The van der Waals surface area contributed by atoms with Crippen molar-refractivity contribution in [2.24, 2.45) is 11.8 Å². The summed E-state index contributed by atoms with van der Waals surface area (Å²) in [6.07, 6.45) is -0.156. The van der Waals surface area contributed by atoms with Gasteiger partial charge >= 0.3 is 11.9 Å². The summed E-state index contributed by atoms with van der Waals surface area (Å²) in [7, 11) is -3.32. The molecule has 1 fully saturated rings. The number of sulfone groups is 1. The van der Waals surface area contributed by atoms with Crippen molar-refractivity contribution in [3.05, 3.63) is 57.5 Å². The van der Waals surface area contributed by atoms with Gasteiger partial charge in [-0.2, -0.15) is 0 Å². The molecule has 2 aromatic rings. The van der Waals surface area contributed by atoms with Crippen LogP contribution in [0.1, 0.15) is 12.8 Å². The standard InChI is InChI=1S/C20H18Br2O6S/c21-15-1-5-17(6-2-15)27-19(23)9-13-11-29(25,26)12-14(13)10-20(24)28-18-7-3-16(22)4-8-18/h1-8,13-14H,9-12H2. The second-order valence-corrected chi connectivity index (χ2v) is 10.8. The Morgan fingerprint density at radius 3 is 1.45 bits per heavy atom. The maximum atomic E-state index is 12.3. The van der Waals surface area contributed by atoms with Gasteiger partial charge in [-0.1, -0.05) is 31.9 Å². The van der Waals surface area contributed by atoms with Gasteiger partial charge in [-0.3, -0.25) is 9.59 Å². The third kappa shape index (κ3) is 6.65. The lowest BCUT2D eigenvalue weighted by atomic mass is 9.90. The summed E-state index contributed by atoms with van der Waals surface area (Å²) in [4.78, 5) is 24.5. The van der Waals surface area contributed by atoms with Crippen LogP contribution >= 0.6 is 31.9 Å². The van der Waals surface area contributed by atoms with Gasteiger partial charge in [-0.05, 0) is 60.4 Å². The van der Waals surface area contributed by atoms with E-state index < -0.39 is 33.6 Å². The maximum absolute atomic E-state index is 12.3. The van der Waals surface area contributed by atoms with Gasteiger partial charge in [-0.15, -0.1) is 0 Å². The lowest BCUT2D eigenvalue weighted by molar-refractivity contribution is -0.138. The van der Waals surface area contributed by atoms with Gasteiger partial charge in [0.05, 0.1) is 24.3 Å². The van der Waals surface area contributed by atoms with Crippen LogP contribution in [0.5, 0.6) is 11.5 Å². The average molecular weight is 546 g/mol. The SMILES string of the molecule is O=C(CC1CS(=O)(=O)CC1CC(=O)Oc1ccc(Br)cc1)Oc1ccc(Br)cc1. The summed E-state index contributed by atoms with van der Waals surface area (Å²) >= 11 is 6.60. The van der Waals surface area contributed by atoms with Crippen LogP contribution in [0.25, 0.3) is 0 Å². The molecule has 1 heterocycles. The Kier molecular flexibility index (Phi) is 7.13. The fourth-order valence-electron chi connectivity index (χ4n) is 3.22. The second-order valence-electron chi connectivity index (χ2n) is 6.86. The van der Waals surface area contributed by atoms with Gasteiger partial charge in [0.15, 0.2) is 9.84 Å². The third-order valence-electron chi connectivity index (χ3n) is 4.55. The quantitative estimate of drug-likeness (QED) is 0.400. The second kappa shape index (κ2) is 9.40. The highest BCUT2D eigenvalue weighted by molar-refractivity contribution is 9.10. The third-order valence-corrected chi connectivity index (χ3v) is 7.48. The lowest BCUT2D eigenvalue weighted by Crippen LogP contribution is -2.23. The fraction of sp³-hybridized carbons (Fsp3) is 0.300. The molecule has 3 rings (SSSR count). The minimum atomic E-state index is -3.32. The molecule has 2 aromatic carbocycles. The van der Waals surface area contributed by atoms with Gasteiger partial charge in [0.1, 0.15) is 11.5 Å². The van der Waals surface area contributed by atoms with Gasteiger partial charge in [-0.25, -0.2) is 8.42 Å². The maximum Gasteiger partial charge on any atom is 0.311 e. The molecular formula is C20H18Br2O6S. The first kappa shape index (κ1) is 22.0. The van der Waals surface area contributed by atoms with Gasteiger partial charge < -0.3 is 9.47 Å². The molecule has 6 nitrogen and oxygen atoms in total. The van der Waals surface area contributed by atoms with E-state index in [9.17, 15) is 18.0 Å². The molecule has 0 spiro atoms. The van der Waals surface area contributed by atoms with Crippen molar-refractivity contribution in [3.63, 3.8) is 0 Å². The molecule has 0 aromatic heterocycles. The number of halogens is 2. The molecule has 1 aliphatic heterocycles. The zero-order chi connectivity index (χ0) is 21.0. The summed E-state index contributed by atoms with van der Waals surface area (Å²) in [6, 6.07) is 13.5. The Labute approximate surface area is 185 Å². The Balaban J connectivity index is 1.60. The number of rotatable bonds is 6. The van der Waals surface area contributed by atoms with E-state index in [0.29, 0.717) is 11.5 Å². The van der Waals surface area contributed by atoms with Crippen molar-refractivity contribution in [2.75, 3.05) is 11.5 Å². The van der Waals surface area contributed by atoms with Crippen molar-refractivity contribution in [3.8, 4) is 11.5 Å². The number of carbonyl (C=O) groups is 2. The highest BCUT2D eigenvalue weighted by Crippen LogP contribution is 2.32. The Morgan fingerprint density at radius 1 is 0.759 bits per heavy atom. The molecule has 9 heteroatoms. The lowest BCUT2D eigenvalue weighted by Gasteiger charge is -2.16. The van der Waals surface area contributed by atoms with Crippen LogP contribution in [-0.2, 0) is 19.4 Å². The topological polar surface area (TPSA) is 86.7 Å². The summed E-state index contributed by atoms with van der Waals surface area (Å²) in [5, 5.41) is 0. The van der Waals surface area contributed by atoms with E-state index in [4.69, 9.17) is 9.47 Å². The fourth-order valence-corrected chi connectivity index (χ4v) is 5.97. The molecular weight excluding hydrogens is 528 g/mol. The molecule has 2 unspecified atom stereocenters. The minimum absolute atomic E-state index is 0.0779. The van der Waals surface area contributed by atoms with E-state index in [1.54, 1.807) is 48.5 Å². The predicted molar refractivity (Wildman–Crippen MR) is 114 cm³/mol. The monoisotopic (exact) mass is 544 g/mol. The normalized spacial score (nSPS) is 20.2. The molecule has 0 radical (unpaired) electrons. The van der Waals surface area contributed by atoms with Crippen molar-refractivity contribution < 1.29 is 27.5 Å². The van der Waals surface area contributed by atoms with Crippen LogP contribution in [0, 0.1) is 11.8 Å². The van der Waals surface area contributed by atoms with Crippen molar-refractivity contribution >= 4 is 53.6 Å². The molecule has 29 heavy (non-hydrogen) atoms. The first-order valence-electron chi connectivity index (χ1n) is 8.83. The molecule has 0 aliphatic carbocycles. The Bertz CT molecular complexity index is 911. The van der Waals surface area contributed by atoms with E-state index in [2.05, 4.69) is 31.9 Å². The molecule has 0 saturated carbocycles. The highest BCUT2D eigenvalue weighted by atomic mass is 79.9. The van der Waals surface area contributed by atoms with Crippen LogP contribution < -0.4 is 9.47 Å². The molecule has 1 saturated heterocycles. The minimum Gasteiger partial charge on any atom is -0.427 e. The molecule has 1 aliphatic rings. The average Bonchev–Trinajstić information content (AvgIpc) is 2.91. The van der Waals surface area contributed by atoms with Crippen LogP contribution in [0.4, 0.5) is 0 Å². The molecule has 0 bridgehead atoms. The van der Waals surface area contributed by atoms with E-state index >= 15 is 0 Å². The van der Waals surface area contributed by atoms with Crippen LogP contribution in [0.2, 0.25) is 0 Å². The first-order chi connectivity index (χ1) is 13.7. The number of carbonyl (C=O) groups excluding carboxylic acids is 2. The van der Waals surface area contributed by atoms with Crippen molar-refractivity contribution in [1.82, 2.24) is 0 Å².